The van der Waals surface area contributed by atoms with E-state index in [1.54, 1.807) is 12.4 Å². The third kappa shape index (κ3) is 5.68. The Bertz CT molecular complexity index is 835. The van der Waals surface area contributed by atoms with E-state index in [4.69, 9.17) is 9.84 Å². The molecule has 0 aromatic carbocycles. The molecule has 2 heterocycles. The average Bonchev–Trinajstić information content (AvgIpc) is 3.20. The predicted octanol–water partition coefficient (Wildman–Crippen LogP) is 4.33. The van der Waals surface area contributed by atoms with Gasteiger partial charge in [-0.2, -0.15) is 15.3 Å². The van der Waals surface area contributed by atoms with Gasteiger partial charge in [0.2, 0.25) is 0 Å². The van der Waals surface area contributed by atoms with Crippen molar-refractivity contribution in [3.63, 3.8) is 0 Å². The molecule has 1 aliphatic rings. The Morgan fingerprint density at radius 2 is 1.93 bits per heavy atom. The molecule has 1 fully saturated rings. The van der Waals surface area contributed by atoms with Crippen LogP contribution in [0.25, 0.3) is 0 Å². The second kappa shape index (κ2) is 8.00. The summed E-state index contributed by atoms with van der Waals surface area (Å²) in [4.78, 5) is 12.1. The first-order valence-corrected chi connectivity index (χ1v) is 10.1. The largest absolute Gasteiger partial charge is 0.444 e. The van der Waals surface area contributed by atoms with Gasteiger partial charge in [0.1, 0.15) is 11.4 Å². The maximum absolute atomic E-state index is 12.1. The maximum Gasteiger partial charge on any atom is 0.407 e. The smallest absolute Gasteiger partial charge is 0.407 e. The molecule has 0 radical (unpaired) electrons. The number of nitrogens with zero attached hydrogens (tertiary/aromatic N) is 4. The molecule has 29 heavy (non-hydrogen) atoms. The monoisotopic (exact) mass is 400 g/mol. The van der Waals surface area contributed by atoms with Crippen LogP contribution in [0, 0.1) is 0 Å². The minimum Gasteiger partial charge on any atom is -0.444 e. The summed E-state index contributed by atoms with van der Waals surface area (Å²) in [5, 5.41) is 19.1. The van der Waals surface area contributed by atoms with Gasteiger partial charge in [-0.25, -0.2) is 9.48 Å². The molecule has 1 unspecified atom stereocenters. The molecule has 1 aliphatic carbocycles. The van der Waals surface area contributed by atoms with E-state index in [9.17, 15) is 4.79 Å². The Balaban J connectivity index is 1.72. The number of aromatic nitrogens is 4. The van der Waals surface area contributed by atoms with E-state index >= 15 is 0 Å². The first-order chi connectivity index (χ1) is 13.5. The second-order valence-electron chi connectivity index (χ2n) is 9.65. The third-order valence-electron chi connectivity index (χ3n) is 4.79. The van der Waals surface area contributed by atoms with E-state index in [2.05, 4.69) is 47.7 Å². The number of alkyl carbamates (subject to hydrolysis) is 1. The summed E-state index contributed by atoms with van der Waals surface area (Å²) in [5.74, 6) is 1.22. The summed E-state index contributed by atoms with van der Waals surface area (Å²) in [6.07, 6.45) is 5.76. The fourth-order valence-corrected chi connectivity index (χ4v) is 3.57. The highest BCUT2D eigenvalue weighted by atomic mass is 16.6. The molecule has 1 saturated carbocycles. The van der Waals surface area contributed by atoms with Crippen LogP contribution in [0.15, 0.2) is 24.5 Å². The van der Waals surface area contributed by atoms with Crippen LogP contribution in [0.2, 0.25) is 0 Å². The minimum absolute atomic E-state index is 0.107. The standard InChI is InChI=1S/C21H32N6O2/c1-20(2,3)27-18(24-16-9-10-22-23-13-16)12-17(26-27)14-7-8-15(11-14)25-19(28)29-21(4,5)6/h9-10,12-15H,7-8,11H2,1-6H3,(H,22,24)(H,25,28)/t14?,15-/m0/s1. The molecule has 1 amide bonds. The van der Waals surface area contributed by atoms with Crippen LogP contribution in [-0.2, 0) is 10.3 Å². The number of nitrogens with one attached hydrogen (secondary N) is 2. The lowest BCUT2D eigenvalue weighted by atomic mass is 10.0. The summed E-state index contributed by atoms with van der Waals surface area (Å²) < 4.78 is 7.40. The van der Waals surface area contributed by atoms with Crippen LogP contribution in [0.1, 0.15) is 72.4 Å². The van der Waals surface area contributed by atoms with E-state index in [1.807, 2.05) is 31.5 Å². The zero-order valence-electron chi connectivity index (χ0n) is 18.2. The van der Waals surface area contributed by atoms with Crippen molar-refractivity contribution in [1.82, 2.24) is 25.3 Å². The van der Waals surface area contributed by atoms with E-state index < -0.39 is 5.60 Å². The Kier molecular flexibility index (Phi) is 5.82. The molecule has 0 saturated heterocycles. The Labute approximate surface area is 172 Å². The highest BCUT2D eigenvalue weighted by molar-refractivity contribution is 5.68. The molecule has 8 nitrogen and oxygen atoms in total. The fourth-order valence-electron chi connectivity index (χ4n) is 3.57. The van der Waals surface area contributed by atoms with Crippen LogP contribution >= 0.6 is 0 Å². The SMILES string of the molecule is CC(C)(C)OC(=O)N[C@H]1CCC(c2cc(Nc3ccnnc3)n(C(C)(C)C)n2)C1. The Morgan fingerprint density at radius 1 is 1.17 bits per heavy atom. The van der Waals surface area contributed by atoms with Gasteiger partial charge in [0.05, 0.1) is 29.3 Å². The van der Waals surface area contributed by atoms with Crippen molar-refractivity contribution >= 4 is 17.6 Å². The van der Waals surface area contributed by atoms with Gasteiger partial charge in [0, 0.05) is 18.0 Å². The van der Waals surface area contributed by atoms with Gasteiger partial charge in [-0.3, -0.25) is 0 Å². The number of carbonyl (C=O) groups excluding carboxylic acids is 1. The zero-order chi connectivity index (χ0) is 21.2. The topological polar surface area (TPSA) is 94.0 Å². The molecule has 2 aromatic heterocycles. The predicted molar refractivity (Wildman–Crippen MR) is 112 cm³/mol. The number of carbonyl (C=O) groups is 1. The quantitative estimate of drug-likeness (QED) is 0.793. The molecule has 3 rings (SSSR count). The zero-order valence-corrected chi connectivity index (χ0v) is 18.2. The summed E-state index contributed by atoms with van der Waals surface area (Å²) in [7, 11) is 0. The molecular weight excluding hydrogens is 368 g/mol. The second-order valence-corrected chi connectivity index (χ2v) is 9.65. The van der Waals surface area contributed by atoms with E-state index in [0.717, 1.165) is 36.5 Å². The molecule has 0 aliphatic heterocycles. The number of ether oxygens (including phenoxy) is 1. The average molecular weight is 401 g/mol. The van der Waals surface area contributed by atoms with Gasteiger partial charge < -0.3 is 15.4 Å². The summed E-state index contributed by atoms with van der Waals surface area (Å²) in [5.41, 5.74) is 1.25. The van der Waals surface area contributed by atoms with Gasteiger partial charge in [-0.05, 0) is 66.9 Å². The molecule has 2 N–H and O–H groups in total. The van der Waals surface area contributed by atoms with Crippen molar-refractivity contribution in [2.75, 3.05) is 5.32 Å². The number of hydrogen-bond acceptors (Lipinski definition) is 6. The van der Waals surface area contributed by atoms with Gasteiger partial charge >= 0.3 is 6.09 Å². The van der Waals surface area contributed by atoms with Crippen molar-refractivity contribution in [2.24, 2.45) is 0 Å². The first kappa shape index (κ1) is 21.1. The van der Waals surface area contributed by atoms with E-state index in [1.165, 1.54) is 0 Å². The van der Waals surface area contributed by atoms with Crippen molar-refractivity contribution < 1.29 is 9.53 Å². The van der Waals surface area contributed by atoms with Crippen molar-refractivity contribution in [3.05, 3.63) is 30.2 Å². The maximum atomic E-state index is 12.1. The van der Waals surface area contributed by atoms with E-state index in [0.29, 0.717) is 5.92 Å². The van der Waals surface area contributed by atoms with Crippen molar-refractivity contribution in [3.8, 4) is 0 Å². The molecule has 8 heteroatoms. The number of anilines is 2. The molecule has 158 valence electrons. The Hall–Kier alpha value is -2.64. The number of rotatable bonds is 4. The van der Waals surface area contributed by atoms with Crippen LogP contribution in [0.4, 0.5) is 16.3 Å². The van der Waals surface area contributed by atoms with Crippen molar-refractivity contribution in [1.29, 1.82) is 0 Å². The molecule has 0 spiro atoms. The molecule has 2 aromatic rings. The van der Waals surface area contributed by atoms with Gasteiger partial charge in [0.15, 0.2) is 0 Å². The fraction of sp³-hybridized carbons (Fsp3) is 0.619. The molecular formula is C21H32N6O2. The summed E-state index contributed by atoms with van der Waals surface area (Å²) in [6, 6.07) is 4.09. The minimum atomic E-state index is -0.490. The lowest BCUT2D eigenvalue weighted by Crippen LogP contribution is -2.37. The van der Waals surface area contributed by atoms with Crippen molar-refractivity contribution in [2.45, 2.75) is 83.9 Å². The summed E-state index contributed by atoms with van der Waals surface area (Å²) in [6.45, 7) is 12.0. The van der Waals surface area contributed by atoms with Gasteiger partial charge in [-0.15, -0.1) is 0 Å². The number of amides is 1. The van der Waals surface area contributed by atoms with Gasteiger partial charge in [0.25, 0.3) is 0 Å². The van der Waals surface area contributed by atoms with Crippen LogP contribution in [0.5, 0.6) is 0 Å². The van der Waals surface area contributed by atoms with Crippen LogP contribution < -0.4 is 10.6 Å². The first-order valence-electron chi connectivity index (χ1n) is 10.1. The lowest BCUT2D eigenvalue weighted by molar-refractivity contribution is 0.0505. The Morgan fingerprint density at radius 3 is 2.55 bits per heavy atom. The van der Waals surface area contributed by atoms with Crippen LogP contribution in [-0.4, -0.2) is 37.7 Å². The van der Waals surface area contributed by atoms with Crippen LogP contribution in [0.3, 0.4) is 0 Å². The summed E-state index contributed by atoms with van der Waals surface area (Å²) >= 11 is 0. The highest BCUT2D eigenvalue weighted by Crippen LogP contribution is 2.36. The van der Waals surface area contributed by atoms with Gasteiger partial charge in [-0.1, -0.05) is 0 Å². The number of hydrogen-bond donors (Lipinski definition) is 2. The molecule has 0 bridgehead atoms. The lowest BCUT2D eigenvalue weighted by Gasteiger charge is -2.22. The van der Waals surface area contributed by atoms with E-state index in [-0.39, 0.29) is 17.7 Å². The normalized spacial score (nSPS) is 19.8. The molecule has 2 atom stereocenters. The third-order valence-corrected chi connectivity index (χ3v) is 4.79. The highest BCUT2D eigenvalue weighted by Gasteiger charge is 2.31.